The van der Waals surface area contributed by atoms with E-state index in [1.165, 1.54) is 0 Å². The molecule has 0 aromatic carbocycles. The third-order valence-electron chi connectivity index (χ3n) is 4.90. The van der Waals surface area contributed by atoms with Gasteiger partial charge in [0.25, 0.3) is 0 Å². The van der Waals surface area contributed by atoms with Crippen molar-refractivity contribution >= 4 is 5.91 Å². The minimum atomic E-state index is 0.317. The number of hydrogen-bond acceptors (Lipinski definition) is 5. The molecule has 6 heteroatoms. The van der Waals surface area contributed by atoms with Gasteiger partial charge in [0.05, 0.1) is 6.54 Å². The second-order valence-electron chi connectivity index (χ2n) is 6.31. The number of rotatable bonds is 3. The second kappa shape index (κ2) is 6.39. The Morgan fingerprint density at radius 3 is 2.20 bits per heavy atom. The minimum Gasteiger partial charge on any atom is -0.339 e. The zero-order valence-corrected chi connectivity index (χ0v) is 12.6. The first-order chi connectivity index (χ1) is 9.72. The van der Waals surface area contributed by atoms with E-state index in [0.717, 1.165) is 71.5 Å². The van der Waals surface area contributed by atoms with Crippen LogP contribution in [0.25, 0.3) is 0 Å². The first kappa shape index (κ1) is 14.3. The highest BCUT2D eigenvalue weighted by molar-refractivity contribution is 5.78. The van der Waals surface area contributed by atoms with Gasteiger partial charge in [-0.15, -0.1) is 0 Å². The Morgan fingerprint density at radius 1 is 1.00 bits per heavy atom. The van der Waals surface area contributed by atoms with Crippen LogP contribution in [-0.4, -0.2) is 111 Å². The number of piperazine rings is 2. The molecule has 3 aliphatic rings. The van der Waals surface area contributed by atoms with Crippen molar-refractivity contribution in [2.24, 2.45) is 0 Å². The van der Waals surface area contributed by atoms with Gasteiger partial charge in [-0.05, 0) is 7.05 Å². The summed E-state index contributed by atoms with van der Waals surface area (Å²) in [6, 6.07) is 0.741. The van der Waals surface area contributed by atoms with Gasteiger partial charge in [-0.2, -0.15) is 0 Å². The lowest BCUT2D eigenvalue weighted by atomic mass is 10.1. The monoisotopic (exact) mass is 281 g/mol. The summed E-state index contributed by atoms with van der Waals surface area (Å²) in [6.45, 7) is 11.0. The number of nitrogens with zero attached hydrogens (tertiary/aromatic N) is 4. The van der Waals surface area contributed by atoms with Gasteiger partial charge in [0.15, 0.2) is 0 Å². The van der Waals surface area contributed by atoms with Crippen molar-refractivity contribution in [3.05, 3.63) is 0 Å². The lowest BCUT2D eigenvalue weighted by Gasteiger charge is -2.43. The van der Waals surface area contributed by atoms with Crippen molar-refractivity contribution in [2.45, 2.75) is 6.04 Å². The molecule has 114 valence electrons. The number of likely N-dealkylation sites (N-methyl/N-ethyl adjacent to an activating group) is 1. The molecule has 0 radical (unpaired) electrons. The SMILES string of the molecule is CN1CCN(C(=O)CN2CCN(C3CNC3)CC2)CC1. The Bertz CT molecular complexity index is 330. The van der Waals surface area contributed by atoms with Crippen molar-refractivity contribution in [1.29, 1.82) is 0 Å². The van der Waals surface area contributed by atoms with E-state index in [0.29, 0.717) is 12.5 Å². The van der Waals surface area contributed by atoms with E-state index in [2.05, 4.69) is 27.1 Å². The maximum Gasteiger partial charge on any atom is 0.236 e. The van der Waals surface area contributed by atoms with Crippen LogP contribution >= 0.6 is 0 Å². The first-order valence-corrected chi connectivity index (χ1v) is 7.86. The van der Waals surface area contributed by atoms with Crippen molar-refractivity contribution in [2.75, 3.05) is 79.0 Å². The Kier molecular flexibility index (Phi) is 4.55. The normalized spacial score (nSPS) is 27.6. The molecule has 3 aliphatic heterocycles. The summed E-state index contributed by atoms with van der Waals surface area (Å²) in [7, 11) is 2.12. The summed E-state index contributed by atoms with van der Waals surface area (Å²) in [5.74, 6) is 0.317. The fourth-order valence-corrected chi connectivity index (χ4v) is 3.17. The van der Waals surface area contributed by atoms with Crippen LogP contribution in [0.15, 0.2) is 0 Å². The van der Waals surface area contributed by atoms with Gasteiger partial charge >= 0.3 is 0 Å². The molecule has 0 aromatic heterocycles. The van der Waals surface area contributed by atoms with Crippen LogP contribution in [0.3, 0.4) is 0 Å². The van der Waals surface area contributed by atoms with Crippen LogP contribution in [0.5, 0.6) is 0 Å². The molecule has 3 rings (SSSR count). The Balaban J connectivity index is 1.39. The van der Waals surface area contributed by atoms with Gasteiger partial charge < -0.3 is 15.1 Å². The van der Waals surface area contributed by atoms with E-state index in [1.807, 2.05) is 4.90 Å². The standard InChI is InChI=1S/C14H27N5O/c1-16-2-6-19(7-3-16)14(20)12-17-4-8-18(9-5-17)13-10-15-11-13/h13,15H,2-12H2,1H3. The van der Waals surface area contributed by atoms with E-state index in [-0.39, 0.29) is 0 Å². The van der Waals surface area contributed by atoms with Gasteiger partial charge in [-0.3, -0.25) is 14.6 Å². The highest BCUT2D eigenvalue weighted by atomic mass is 16.2. The molecule has 3 heterocycles. The van der Waals surface area contributed by atoms with Crippen molar-refractivity contribution in [1.82, 2.24) is 24.9 Å². The summed E-state index contributed by atoms with van der Waals surface area (Å²) < 4.78 is 0. The molecule has 1 N–H and O–H groups in total. The third kappa shape index (κ3) is 3.31. The van der Waals surface area contributed by atoms with Crippen LogP contribution in [-0.2, 0) is 4.79 Å². The molecule has 20 heavy (non-hydrogen) atoms. The molecule has 0 spiro atoms. The Hall–Kier alpha value is -0.690. The minimum absolute atomic E-state index is 0.317. The molecule has 6 nitrogen and oxygen atoms in total. The van der Waals surface area contributed by atoms with E-state index < -0.39 is 0 Å². The number of nitrogens with one attached hydrogen (secondary N) is 1. The molecule has 0 aromatic rings. The summed E-state index contributed by atoms with van der Waals surface area (Å²) in [5, 5.41) is 3.33. The number of amides is 1. The molecule has 0 atom stereocenters. The molecule has 0 saturated carbocycles. The van der Waals surface area contributed by atoms with E-state index >= 15 is 0 Å². The number of carbonyl (C=O) groups is 1. The molecule has 3 fully saturated rings. The molecular formula is C14H27N5O. The predicted molar refractivity (Wildman–Crippen MR) is 78.7 cm³/mol. The Labute approximate surface area is 121 Å². The van der Waals surface area contributed by atoms with Crippen molar-refractivity contribution < 1.29 is 4.79 Å². The van der Waals surface area contributed by atoms with Crippen LogP contribution in [0.1, 0.15) is 0 Å². The zero-order chi connectivity index (χ0) is 13.9. The number of carbonyl (C=O) groups excluding carboxylic acids is 1. The Morgan fingerprint density at radius 2 is 1.65 bits per heavy atom. The molecule has 1 amide bonds. The zero-order valence-electron chi connectivity index (χ0n) is 12.6. The van der Waals surface area contributed by atoms with Crippen LogP contribution in [0, 0.1) is 0 Å². The summed E-state index contributed by atoms with van der Waals surface area (Å²) >= 11 is 0. The topological polar surface area (TPSA) is 42.1 Å². The van der Waals surface area contributed by atoms with Gasteiger partial charge in [0.1, 0.15) is 0 Å². The average molecular weight is 281 g/mol. The van der Waals surface area contributed by atoms with Crippen LogP contribution in [0.4, 0.5) is 0 Å². The van der Waals surface area contributed by atoms with Crippen molar-refractivity contribution in [3.63, 3.8) is 0 Å². The highest BCUT2D eigenvalue weighted by Gasteiger charge is 2.29. The molecule has 0 unspecified atom stereocenters. The third-order valence-corrected chi connectivity index (χ3v) is 4.90. The van der Waals surface area contributed by atoms with Crippen molar-refractivity contribution in [3.8, 4) is 0 Å². The first-order valence-electron chi connectivity index (χ1n) is 7.86. The number of hydrogen-bond donors (Lipinski definition) is 1. The van der Waals surface area contributed by atoms with E-state index in [4.69, 9.17) is 0 Å². The van der Waals surface area contributed by atoms with E-state index in [1.54, 1.807) is 0 Å². The van der Waals surface area contributed by atoms with Gasteiger partial charge in [-0.1, -0.05) is 0 Å². The van der Waals surface area contributed by atoms with Crippen LogP contribution in [0.2, 0.25) is 0 Å². The summed E-state index contributed by atoms with van der Waals surface area (Å²) in [5.41, 5.74) is 0. The molecule has 3 saturated heterocycles. The predicted octanol–water partition coefficient (Wildman–Crippen LogP) is -1.65. The molecular weight excluding hydrogens is 254 g/mol. The lowest BCUT2D eigenvalue weighted by molar-refractivity contribution is -0.134. The highest BCUT2D eigenvalue weighted by Crippen LogP contribution is 2.10. The molecule has 0 aliphatic carbocycles. The van der Waals surface area contributed by atoms with Gasteiger partial charge in [0, 0.05) is 71.5 Å². The van der Waals surface area contributed by atoms with E-state index in [9.17, 15) is 4.79 Å². The smallest absolute Gasteiger partial charge is 0.236 e. The lowest BCUT2D eigenvalue weighted by Crippen LogP contribution is -2.62. The fourth-order valence-electron chi connectivity index (χ4n) is 3.17. The summed E-state index contributed by atoms with van der Waals surface area (Å²) in [4.78, 5) is 21.5. The maximum absolute atomic E-state index is 12.3. The fraction of sp³-hybridized carbons (Fsp3) is 0.929. The second-order valence-corrected chi connectivity index (χ2v) is 6.31. The van der Waals surface area contributed by atoms with Gasteiger partial charge in [0.2, 0.25) is 5.91 Å². The quantitative estimate of drug-likeness (QED) is 0.671. The maximum atomic E-state index is 12.3. The summed E-state index contributed by atoms with van der Waals surface area (Å²) in [6.07, 6.45) is 0. The van der Waals surface area contributed by atoms with Crippen LogP contribution < -0.4 is 5.32 Å². The average Bonchev–Trinajstić information content (AvgIpc) is 2.39. The van der Waals surface area contributed by atoms with Gasteiger partial charge in [-0.25, -0.2) is 0 Å². The molecule has 0 bridgehead atoms. The largest absolute Gasteiger partial charge is 0.339 e.